The Balaban J connectivity index is 1.65. The maximum atomic E-state index is 14.8. The van der Waals surface area contributed by atoms with Gasteiger partial charge in [0.25, 0.3) is 5.91 Å². The van der Waals surface area contributed by atoms with Gasteiger partial charge >= 0.3 is 0 Å². The van der Waals surface area contributed by atoms with Gasteiger partial charge in [-0.25, -0.2) is 0 Å². The van der Waals surface area contributed by atoms with Crippen LogP contribution in [0.25, 0.3) is 0 Å². The Labute approximate surface area is 254 Å². The van der Waals surface area contributed by atoms with Crippen LogP contribution in [0, 0.1) is 25.7 Å². The molecule has 0 aliphatic carbocycles. The molecule has 2 aromatic carbocycles. The smallest absolute Gasteiger partial charge is 0.253 e. The molecule has 5 rings (SSSR count). The van der Waals surface area contributed by atoms with Gasteiger partial charge in [-0.15, -0.1) is 13.2 Å². The number of fused-ring (bicyclic) bond motifs is 1. The number of likely N-dealkylation sites (tertiary alicyclic amines) is 1. The SMILES string of the molecule is C=CCN(C(=O)[C@H]1[C@H]2C(=O)N([C@H](C)CO)C(C(=O)N(CC=C)c3cc(C)ccc3C)C23CC[C@]1(CC)O3)c1ccccc1. The lowest BCUT2D eigenvalue weighted by Crippen LogP contribution is -2.58. The second-order valence-electron chi connectivity index (χ2n) is 12.2. The average molecular weight is 586 g/mol. The summed E-state index contributed by atoms with van der Waals surface area (Å²) < 4.78 is 6.98. The summed E-state index contributed by atoms with van der Waals surface area (Å²) in [5.74, 6) is -2.49. The third kappa shape index (κ3) is 4.71. The van der Waals surface area contributed by atoms with Crippen molar-refractivity contribution >= 4 is 29.1 Å². The number of amides is 3. The molecular weight excluding hydrogens is 542 g/mol. The summed E-state index contributed by atoms with van der Waals surface area (Å²) in [6, 6.07) is 13.6. The lowest BCUT2D eigenvalue weighted by atomic mass is 9.64. The van der Waals surface area contributed by atoms with Crippen LogP contribution in [0.15, 0.2) is 73.8 Å². The molecule has 3 aliphatic rings. The normalized spacial score (nSPS) is 28.0. The zero-order chi connectivity index (χ0) is 31.1. The lowest BCUT2D eigenvalue weighted by molar-refractivity contribution is -0.149. The fourth-order valence-electron chi connectivity index (χ4n) is 7.69. The highest BCUT2D eigenvalue weighted by atomic mass is 16.5. The third-order valence-corrected chi connectivity index (χ3v) is 9.74. The maximum absolute atomic E-state index is 14.8. The van der Waals surface area contributed by atoms with Crippen molar-refractivity contribution in [2.75, 3.05) is 29.5 Å². The Hall–Kier alpha value is -3.75. The second kappa shape index (κ2) is 11.7. The molecule has 3 fully saturated rings. The van der Waals surface area contributed by atoms with E-state index in [1.807, 2.05) is 69.3 Å². The van der Waals surface area contributed by atoms with Crippen molar-refractivity contribution in [3.63, 3.8) is 0 Å². The summed E-state index contributed by atoms with van der Waals surface area (Å²) in [7, 11) is 0. The first-order valence-corrected chi connectivity index (χ1v) is 15.2. The van der Waals surface area contributed by atoms with Crippen molar-refractivity contribution in [3.05, 3.63) is 85.0 Å². The first-order valence-electron chi connectivity index (χ1n) is 15.2. The van der Waals surface area contributed by atoms with Crippen LogP contribution < -0.4 is 9.80 Å². The van der Waals surface area contributed by atoms with E-state index in [1.165, 1.54) is 4.90 Å². The number of hydrogen-bond acceptors (Lipinski definition) is 5. The molecular formula is C35H43N3O5. The molecule has 2 aromatic rings. The van der Waals surface area contributed by atoms with E-state index in [1.54, 1.807) is 28.9 Å². The zero-order valence-electron chi connectivity index (χ0n) is 25.7. The molecule has 1 spiro atoms. The molecule has 3 aliphatic heterocycles. The van der Waals surface area contributed by atoms with Crippen molar-refractivity contribution in [1.82, 2.24) is 4.90 Å². The van der Waals surface area contributed by atoms with Crippen molar-refractivity contribution in [1.29, 1.82) is 0 Å². The Morgan fingerprint density at radius 1 is 1.07 bits per heavy atom. The highest BCUT2D eigenvalue weighted by Crippen LogP contribution is 2.65. The van der Waals surface area contributed by atoms with E-state index < -0.39 is 35.1 Å². The number of nitrogens with zero attached hydrogens (tertiary/aromatic N) is 3. The lowest BCUT2D eigenvalue weighted by Gasteiger charge is -2.39. The highest BCUT2D eigenvalue weighted by Gasteiger charge is 2.79. The fourth-order valence-corrected chi connectivity index (χ4v) is 7.69. The molecule has 43 heavy (non-hydrogen) atoms. The summed E-state index contributed by atoms with van der Waals surface area (Å²) >= 11 is 0. The zero-order valence-corrected chi connectivity index (χ0v) is 25.7. The standard InChI is InChI=1S/C35H43N3O5/c1-7-19-36(26-13-11-10-12-14-26)31(40)28-29-32(41)38(25(6)22-39)30(35(29)18-17-34(28,9-3)43-35)33(42)37(20-8-2)27-21-23(4)15-16-24(27)5/h7-8,10-16,21,25,28-30,39H,1-2,9,17-20,22H2,3-6H3/t25-,28-,29+,30?,34+,35?/m1/s1. The van der Waals surface area contributed by atoms with Crippen LogP contribution in [0.1, 0.15) is 44.2 Å². The third-order valence-electron chi connectivity index (χ3n) is 9.74. The van der Waals surface area contributed by atoms with E-state index >= 15 is 0 Å². The molecule has 1 N–H and O–H groups in total. The number of hydrogen-bond donors (Lipinski definition) is 1. The number of anilines is 2. The van der Waals surface area contributed by atoms with Gasteiger partial charge < -0.3 is 24.5 Å². The van der Waals surface area contributed by atoms with Crippen molar-refractivity contribution in [2.24, 2.45) is 11.8 Å². The van der Waals surface area contributed by atoms with E-state index in [0.717, 1.165) is 16.8 Å². The first-order chi connectivity index (χ1) is 20.6. The summed E-state index contributed by atoms with van der Waals surface area (Å²) in [6.45, 7) is 15.6. The Morgan fingerprint density at radius 2 is 1.74 bits per heavy atom. The number of rotatable bonds is 11. The number of para-hydroxylation sites is 1. The quantitative estimate of drug-likeness (QED) is 0.390. The van der Waals surface area contributed by atoms with Crippen LogP contribution >= 0.6 is 0 Å². The van der Waals surface area contributed by atoms with Gasteiger partial charge in [-0.3, -0.25) is 14.4 Å². The van der Waals surface area contributed by atoms with Crippen molar-refractivity contribution < 1.29 is 24.2 Å². The minimum atomic E-state index is -1.21. The Kier molecular flexibility index (Phi) is 8.38. The molecule has 2 unspecified atom stereocenters. The average Bonchev–Trinajstić information content (AvgIpc) is 3.63. The van der Waals surface area contributed by atoms with Gasteiger partial charge in [0.15, 0.2) is 0 Å². The van der Waals surface area contributed by atoms with Crippen LogP contribution in [0.5, 0.6) is 0 Å². The van der Waals surface area contributed by atoms with Crippen LogP contribution in [-0.4, -0.2) is 70.7 Å². The van der Waals surface area contributed by atoms with Crippen molar-refractivity contribution in [3.8, 4) is 0 Å². The van der Waals surface area contributed by atoms with Crippen LogP contribution in [-0.2, 0) is 19.1 Å². The molecule has 3 saturated heterocycles. The highest BCUT2D eigenvalue weighted by molar-refractivity contribution is 6.07. The molecule has 0 aromatic heterocycles. The molecule has 3 heterocycles. The van der Waals surface area contributed by atoms with Crippen LogP contribution in [0.2, 0.25) is 0 Å². The van der Waals surface area contributed by atoms with Gasteiger partial charge in [0.2, 0.25) is 11.8 Å². The van der Waals surface area contributed by atoms with Crippen molar-refractivity contribution in [2.45, 2.75) is 70.2 Å². The van der Waals surface area contributed by atoms with E-state index in [-0.39, 0.29) is 37.4 Å². The predicted molar refractivity (Wildman–Crippen MR) is 168 cm³/mol. The molecule has 8 nitrogen and oxygen atoms in total. The van der Waals surface area contributed by atoms with Gasteiger partial charge in [-0.2, -0.15) is 0 Å². The fraction of sp³-hybridized carbons (Fsp3) is 0.457. The van der Waals surface area contributed by atoms with E-state index in [9.17, 15) is 19.5 Å². The van der Waals surface area contributed by atoms with Crippen LogP contribution in [0.4, 0.5) is 11.4 Å². The number of carbonyl (C=O) groups excluding carboxylic acids is 3. The van der Waals surface area contributed by atoms with Gasteiger partial charge in [0.05, 0.1) is 30.1 Å². The molecule has 0 radical (unpaired) electrons. The largest absolute Gasteiger partial charge is 0.394 e. The predicted octanol–water partition coefficient (Wildman–Crippen LogP) is 4.58. The maximum Gasteiger partial charge on any atom is 0.253 e. The molecule has 0 saturated carbocycles. The van der Waals surface area contributed by atoms with Gasteiger partial charge in [0, 0.05) is 24.5 Å². The molecule has 2 bridgehead atoms. The minimum absolute atomic E-state index is 0.213. The van der Waals surface area contributed by atoms with Crippen LogP contribution in [0.3, 0.4) is 0 Å². The number of benzene rings is 2. The minimum Gasteiger partial charge on any atom is -0.394 e. The monoisotopic (exact) mass is 585 g/mol. The Morgan fingerprint density at radius 3 is 2.37 bits per heavy atom. The number of carbonyl (C=O) groups is 3. The van der Waals surface area contributed by atoms with Gasteiger partial charge in [-0.05, 0) is 69.4 Å². The van der Waals surface area contributed by atoms with E-state index in [0.29, 0.717) is 24.9 Å². The van der Waals surface area contributed by atoms with Gasteiger partial charge in [0.1, 0.15) is 11.6 Å². The Bertz CT molecular complexity index is 1430. The molecule has 228 valence electrons. The molecule has 3 amide bonds. The summed E-state index contributed by atoms with van der Waals surface area (Å²) in [6.07, 6.45) is 4.89. The topological polar surface area (TPSA) is 90.4 Å². The summed E-state index contributed by atoms with van der Waals surface area (Å²) in [4.78, 5) is 48.8. The first kappa shape index (κ1) is 30.7. The number of aliphatic hydroxyl groups is 1. The second-order valence-corrected chi connectivity index (χ2v) is 12.2. The van der Waals surface area contributed by atoms with E-state index in [4.69, 9.17) is 4.74 Å². The summed E-state index contributed by atoms with van der Waals surface area (Å²) in [5, 5.41) is 10.3. The number of aliphatic hydroxyl groups excluding tert-OH is 1. The number of ether oxygens (including phenoxy) is 1. The van der Waals surface area contributed by atoms with E-state index in [2.05, 4.69) is 13.2 Å². The van der Waals surface area contributed by atoms with Gasteiger partial charge in [-0.1, -0.05) is 49.4 Å². The number of aryl methyl sites for hydroxylation is 2. The molecule has 6 atom stereocenters. The molecule has 8 heteroatoms. The summed E-state index contributed by atoms with van der Waals surface area (Å²) in [5.41, 5.74) is 1.27.